The fourth-order valence-corrected chi connectivity index (χ4v) is 2.23. The molecule has 0 aliphatic carbocycles. The number of para-hydroxylation sites is 1. The third-order valence-electron chi connectivity index (χ3n) is 3.50. The molecule has 0 radical (unpaired) electrons. The molecule has 2 amide bonds. The van der Waals surface area contributed by atoms with Gasteiger partial charge in [-0.1, -0.05) is 48.5 Å². The molecule has 1 N–H and O–H groups in total. The summed E-state index contributed by atoms with van der Waals surface area (Å²) in [6.07, 6.45) is 0.693. The number of rotatable bonds is 6. The van der Waals surface area contributed by atoms with Crippen LogP contribution in [0.25, 0.3) is 11.6 Å². The quantitative estimate of drug-likeness (QED) is 0.478. The summed E-state index contributed by atoms with van der Waals surface area (Å²) < 4.78 is 14.7. The van der Waals surface area contributed by atoms with Crippen molar-refractivity contribution in [3.63, 3.8) is 0 Å². The van der Waals surface area contributed by atoms with Gasteiger partial charge < -0.3 is 14.2 Å². The fraction of sp³-hybridized carbons (Fsp3) is 0.150. The summed E-state index contributed by atoms with van der Waals surface area (Å²) in [5.74, 6) is -0.922. The molecule has 7 nitrogen and oxygen atoms in total. The Bertz CT molecular complexity index is 845. The number of benzene rings is 2. The first-order valence-corrected chi connectivity index (χ1v) is 8.00. The summed E-state index contributed by atoms with van der Waals surface area (Å²) >= 11 is 0. The largest absolute Gasteiger partial charge is 0.496 e. The molecule has 2 aromatic carbocycles. The lowest BCUT2D eigenvalue weighted by Crippen LogP contribution is -2.34. The molecule has 0 heterocycles. The number of carbonyl (C=O) groups excluding carboxylic acids is 3. The first-order valence-electron chi connectivity index (χ1n) is 8.00. The summed E-state index contributed by atoms with van der Waals surface area (Å²) in [5, 5.41) is 1.91. The number of alkyl carbamates (subject to hydrolysis) is 1. The van der Waals surface area contributed by atoms with E-state index in [4.69, 9.17) is 9.47 Å². The van der Waals surface area contributed by atoms with E-state index < -0.39 is 24.6 Å². The van der Waals surface area contributed by atoms with E-state index in [1.165, 1.54) is 7.11 Å². The molecule has 140 valence electrons. The number of hydrogen-bond acceptors (Lipinski definition) is 6. The van der Waals surface area contributed by atoms with Crippen molar-refractivity contribution in [2.45, 2.75) is 0 Å². The van der Waals surface area contributed by atoms with Gasteiger partial charge in [0, 0.05) is 5.56 Å². The zero-order chi connectivity index (χ0) is 19.6. The summed E-state index contributed by atoms with van der Waals surface area (Å²) in [7, 11) is 2.66. The van der Waals surface area contributed by atoms with Crippen molar-refractivity contribution >= 4 is 29.6 Å². The molecule has 2 aromatic rings. The Labute approximate surface area is 156 Å². The van der Waals surface area contributed by atoms with E-state index in [-0.39, 0.29) is 5.57 Å². The standard InChI is InChI=1S/C20H19NO6/c1-25-17-11-7-6-10-15(17)12-16(14-8-4-3-5-9-14)19(23)27-13-18(22)21-20(24)26-2/h3-12H,13H2,1-2H3,(H,21,22,24)/b16-12+. The Kier molecular flexibility index (Phi) is 7.13. The second-order valence-electron chi connectivity index (χ2n) is 5.28. The minimum absolute atomic E-state index is 0.242. The lowest BCUT2D eigenvalue weighted by atomic mass is 10.0. The predicted octanol–water partition coefficient (Wildman–Crippen LogP) is 2.66. The highest BCUT2D eigenvalue weighted by molar-refractivity contribution is 6.22. The first-order chi connectivity index (χ1) is 13.0. The topological polar surface area (TPSA) is 90.9 Å². The molecule has 0 fully saturated rings. The van der Waals surface area contributed by atoms with Crippen LogP contribution in [-0.4, -0.2) is 38.8 Å². The number of carbonyl (C=O) groups is 3. The lowest BCUT2D eigenvalue weighted by Gasteiger charge is -2.10. The van der Waals surface area contributed by atoms with Crippen molar-refractivity contribution in [1.29, 1.82) is 0 Å². The van der Waals surface area contributed by atoms with Crippen molar-refractivity contribution in [2.24, 2.45) is 0 Å². The van der Waals surface area contributed by atoms with E-state index in [1.807, 2.05) is 23.5 Å². The number of ether oxygens (including phenoxy) is 3. The van der Waals surface area contributed by atoms with Crippen molar-refractivity contribution in [1.82, 2.24) is 5.32 Å². The summed E-state index contributed by atoms with van der Waals surface area (Å²) in [6.45, 7) is -0.621. The molecule has 0 unspecified atom stereocenters. The van der Waals surface area contributed by atoms with Gasteiger partial charge in [0.25, 0.3) is 5.91 Å². The average Bonchev–Trinajstić information content (AvgIpc) is 2.71. The van der Waals surface area contributed by atoms with Crippen molar-refractivity contribution in [3.8, 4) is 5.75 Å². The summed E-state index contributed by atoms with van der Waals surface area (Å²) in [5.41, 5.74) is 1.53. The number of imide groups is 1. The molecule has 0 aromatic heterocycles. The molecular weight excluding hydrogens is 350 g/mol. The lowest BCUT2D eigenvalue weighted by molar-refractivity contribution is -0.142. The van der Waals surface area contributed by atoms with Crippen LogP contribution in [0.2, 0.25) is 0 Å². The van der Waals surface area contributed by atoms with Crippen LogP contribution in [0.15, 0.2) is 54.6 Å². The van der Waals surface area contributed by atoms with Gasteiger partial charge in [0.15, 0.2) is 6.61 Å². The van der Waals surface area contributed by atoms with Crippen LogP contribution in [0.5, 0.6) is 5.75 Å². The van der Waals surface area contributed by atoms with E-state index in [9.17, 15) is 14.4 Å². The maximum atomic E-state index is 12.6. The maximum Gasteiger partial charge on any atom is 0.413 e. The number of esters is 1. The monoisotopic (exact) mass is 369 g/mol. The van der Waals surface area contributed by atoms with Crippen molar-refractivity contribution in [2.75, 3.05) is 20.8 Å². The van der Waals surface area contributed by atoms with Crippen LogP contribution in [0.4, 0.5) is 4.79 Å². The minimum Gasteiger partial charge on any atom is -0.496 e. The minimum atomic E-state index is -0.927. The zero-order valence-corrected chi connectivity index (χ0v) is 14.9. The van der Waals surface area contributed by atoms with Gasteiger partial charge in [0.05, 0.1) is 19.8 Å². The number of nitrogens with one attached hydrogen (secondary N) is 1. The Balaban J connectivity index is 2.26. The van der Waals surface area contributed by atoms with Gasteiger partial charge in [-0.05, 0) is 17.7 Å². The fourth-order valence-electron chi connectivity index (χ4n) is 2.23. The van der Waals surface area contributed by atoms with Crippen LogP contribution >= 0.6 is 0 Å². The normalized spacial score (nSPS) is 10.7. The first kappa shape index (κ1) is 19.7. The van der Waals surface area contributed by atoms with Gasteiger partial charge in [-0.3, -0.25) is 10.1 Å². The molecular formula is C20H19NO6. The molecule has 0 saturated carbocycles. The average molecular weight is 369 g/mol. The van der Waals surface area contributed by atoms with Crippen molar-refractivity contribution < 1.29 is 28.6 Å². The third kappa shape index (κ3) is 5.71. The van der Waals surface area contributed by atoms with E-state index in [2.05, 4.69) is 4.74 Å². The Morgan fingerprint density at radius 3 is 2.30 bits per heavy atom. The zero-order valence-electron chi connectivity index (χ0n) is 14.9. The van der Waals surface area contributed by atoms with Crippen LogP contribution < -0.4 is 10.1 Å². The van der Waals surface area contributed by atoms with Gasteiger partial charge in [-0.25, -0.2) is 9.59 Å². The highest BCUT2D eigenvalue weighted by atomic mass is 16.5. The predicted molar refractivity (Wildman–Crippen MR) is 98.8 cm³/mol. The van der Waals surface area contributed by atoms with Gasteiger partial charge in [0.2, 0.25) is 0 Å². The molecule has 0 bridgehead atoms. The van der Waals surface area contributed by atoms with E-state index >= 15 is 0 Å². The van der Waals surface area contributed by atoms with Crippen molar-refractivity contribution in [3.05, 3.63) is 65.7 Å². The van der Waals surface area contributed by atoms with E-state index in [0.717, 1.165) is 7.11 Å². The summed E-state index contributed by atoms with van der Waals surface area (Å²) in [6, 6.07) is 16.1. The molecule has 0 saturated heterocycles. The second kappa shape index (κ2) is 9.76. The molecule has 2 rings (SSSR count). The molecule has 27 heavy (non-hydrogen) atoms. The maximum absolute atomic E-state index is 12.6. The van der Waals surface area contributed by atoms with E-state index in [1.54, 1.807) is 42.5 Å². The Hall–Kier alpha value is -3.61. The van der Waals surface area contributed by atoms with Gasteiger partial charge >= 0.3 is 12.1 Å². The molecule has 7 heteroatoms. The second-order valence-corrected chi connectivity index (χ2v) is 5.28. The number of amides is 2. The van der Waals surface area contributed by atoms with Gasteiger partial charge in [-0.15, -0.1) is 0 Å². The number of hydrogen-bond donors (Lipinski definition) is 1. The Morgan fingerprint density at radius 1 is 0.963 bits per heavy atom. The van der Waals surface area contributed by atoms with Gasteiger partial charge in [-0.2, -0.15) is 0 Å². The molecule has 0 atom stereocenters. The molecule has 0 aliphatic heterocycles. The molecule has 0 spiro atoms. The smallest absolute Gasteiger partial charge is 0.413 e. The highest BCUT2D eigenvalue weighted by Crippen LogP contribution is 2.25. The van der Waals surface area contributed by atoms with Crippen LogP contribution in [0.3, 0.4) is 0 Å². The SMILES string of the molecule is COC(=O)NC(=O)COC(=O)/C(=C/c1ccccc1OC)c1ccccc1. The number of methoxy groups -OCH3 is 2. The highest BCUT2D eigenvalue weighted by Gasteiger charge is 2.17. The van der Waals surface area contributed by atoms with E-state index in [0.29, 0.717) is 16.9 Å². The third-order valence-corrected chi connectivity index (χ3v) is 3.50. The Morgan fingerprint density at radius 2 is 1.63 bits per heavy atom. The van der Waals surface area contributed by atoms with Gasteiger partial charge in [0.1, 0.15) is 5.75 Å². The van der Waals surface area contributed by atoms with Crippen LogP contribution in [0.1, 0.15) is 11.1 Å². The molecule has 0 aliphatic rings. The van der Waals surface area contributed by atoms with Crippen LogP contribution in [0, 0.1) is 0 Å². The van der Waals surface area contributed by atoms with Crippen LogP contribution in [-0.2, 0) is 19.1 Å². The summed E-state index contributed by atoms with van der Waals surface area (Å²) in [4.78, 5) is 35.2.